The van der Waals surface area contributed by atoms with Crippen LogP contribution in [0.15, 0.2) is 66.7 Å². The molecular weight excluding hydrogens is 867 g/mol. The average molecular weight is 920 g/mol. The topological polar surface area (TPSA) is 57.4 Å². The molecule has 292 valence electrons. The quantitative estimate of drug-likeness (QED) is 0.174. The monoisotopic (exact) mass is 920 g/mol. The standard InChI is InChI=1S/C48H53Cl3N4Te/c1-45(2,3)30-21-28(22-31(25-30)46(4,5)6)42-36-15-13-34(52-36)27-35-14-16-37(53-35)43(29-23-32(47(7,8)9)26-33(24-29)48(10,11)12)39-18-20-41(55-39)44(56(49,50)51)40-19-17-38(42)54-40/h13-27,52-53H,1-12H3. The van der Waals surface area contributed by atoms with E-state index in [1.165, 1.54) is 22.3 Å². The van der Waals surface area contributed by atoms with Crippen LogP contribution in [-0.4, -0.2) is 34.8 Å². The first-order valence-corrected chi connectivity index (χ1v) is 29.3. The molecule has 3 aromatic heterocycles. The van der Waals surface area contributed by atoms with Crippen molar-refractivity contribution in [1.29, 1.82) is 0 Å². The van der Waals surface area contributed by atoms with Crippen LogP contribution >= 0.6 is 26.9 Å². The summed E-state index contributed by atoms with van der Waals surface area (Å²) in [5.41, 5.74) is 15.7. The molecule has 0 spiro atoms. The van der Waals surface area contributed by atoms with Gasteiger partial charge in [-0.05, 0) is 0 Å². The van der Waals surface area contributed by atoms with E-state index in [4.69, 9.17) is 36.9 Å². The van der Waals surface area contributed by atoms with Gasteiger partial charge in [0.25, 0.3) is 0 Å². The fourth-order valence-electron chi connectivity index (χ4n) is 7.23. The maximum atomic E-state index is 7.06. The van der Waals surface area contributed by atoms with Gasteiger partial charge in [0, 0.05) is 0 Å². The molecule has 0 unspecified atom stereocenters. The molecule has 5 aromatic rings. The van der Waals surface area contributed by atoms with Gasteiger partial charge < -0.3 is 0 Å². The zero-order chi connectivity index (χ0) is 40.7. The Labute approximate surface area is 347 Å². The third kappa shape index (κ3) is 8.32. The summed E-state index contributed by atoms with van der Waals surface area (Å²) in [5, 5.41) is 0. The van der Waals surface area contributed by atoms with Crippen molar-refractivity contribution in [2.75, 3.05) is 0 Å². The first-order chi connectivity index (χ1) is 25.9. The molecule has 2 N–H and O–H groups in total. The van der Waals surface area contributed by atoms with Crippen molar-refractivity contribution >= 4 is 91.7 Å². The molecule has 0 radical (unpaired) electrons. The SMILES string of the molecule is CC(C)(C)c1cc(-c2c3nc(c([Te](Cl)(Cl)Cl)c4nc(c(-c5cc(C(C)(C)C)cc(C(C)(C)C)c5)c5ccc(cc6ccc2[nH]6)[nH]5)C=C4)C=C3)cc(C(C)(C)C)c1. The minimum absolute atomic E-state index is 0.0665. The van der Waals surface area contributed by atoms with Crippen molar-refractivity contribution < 1.29 is 0 Å². The van der Waals surface area contributed by atoms with E-state index in [1.807, 2.05) is 12.2 Å². The average Bonchev–Trinajstić information content (AvgIpc) is 3.89. The second-order valence-corrected chi connectivity index (χ2v) is 35.3. The first-order valence-electron chi connectivity index (χ1n) is 19.2. The number of rotatable bonds is 3. The fraction of sp³-hybridized carbons (Fsp3) is 0.333. The molecule has 8 bridgehead atoms. The molecule has 4 nitrogen and oxygen atoms in total. The number of hydrogen-bond donors (Lipinski definition) is 2. The predicted molar refractivity (Wildman–Crippen MR) is 247 cm³/mol. The van der Waals surface area contributed by atoms with Gasteiger partial charge >= 0.3 is 350 Å². The van der Waals surface area contributed by atoms with Crippen LogP contribution in [0.5, 0.6) is 0 Å². The zero-order valence-corrected chi connectivity index (χ0v) is 39.2. The van der Waals surface area contributed by atoms with Crippen LogP contribution in [0.25, 0.3) is 68.6 Å². The fourth-order valence-corrected chi connectivity index (χ4v) is 12.4. The van der Waals surface area contributed by atoms with Gasteiger partial charge in [-0.2, -0.15) is 0 Å². The normalized spacial score (nSPS) is 14.1. The van der Waals surface area contributed by atoms with Crippen LogP contribution in [0.4, 0.5) is 0 Å². The molecule has 0 saturated carbocycles. The van der Waals surface area contributed by atoms with Crippen LogP contribution in [0.1, 0.15) is 128 Å². The van der Waals surface area contributed by atoms with Crippen LogP contribution < -0.4 is 3.61 Å². The number of nitrogens with one attached hydrogen (secondary N) is 2. The number of benzene rings is 2. The van der Waals surface area contributed by atoms with Crippen molar-refractivity contribution in [1.82, 2.24) is 19.9 Å². The molecular formula is C48H53Cl3N4Te. The Hall–Kier alpha value is -3.30. The summed E-state index contributed by atoms with van der Waals surface area (Å²) in [6.07, 6.45) is 8.08. The van der Waals surface area contributed by atoms with Crippen molar-refractivity contribution in [3.8, 4) is 22.3 Å². The van der Waals surface area contributed by atoms with E-state index in [1.54, 1.807) is 0 Å². The summed E-state index contributed by atoms with van der Waals surface area (Å²) in [6.45, 7) is 27.1. The number of aromatic nitrogens is 4. The van der Waals surface area contributed by atoms with Gasteiger partial charge in [-0.15, -0.1) is 0 Å². The summed E-state index contributed by atoms with van der Waals surface area (Å²) in [7, 11) is 21.2. The molecule has 56 heavy (non-hydrogen) atoms. The van der Waals surface area contributed by atoms with Crippen LogP contribution in [-0.2, 0) is 21.7 Å². The second-order valence-electron chi connectivity index (χ2n) is 19.3. The molecule has 2 aromatic carbocycles. The number of H-pyrrole nitrogens is 2. The first kappa shape index (κ1) is 40.9. The molecule has 2 aliphatic heterocycles. The van der Waals surface area contributed by atoms with Gasteiger partial charge in [0.05, 0.1) is 0 Å². The van der Waals surface area contributed by atoms with Gasteiger partial charge in [0.1, 0.15) is 0 Å². The van der Waals surface area contributed by atoms with Crippen molar-refractivity contribution in [3.63, 3.8) is 0 Å². The van der Waals surface area contributed by atoms with E-state index in [-0.39, 0.29) is 21.7 Å². The summed E-state index contributed by atoms with van der Waals surface area (Å²) < 4.78 is 0.617. The number of halogens is 3. The molecule has 7 rings (SSSR count). The zero-order valence-electron chi connectivity index (χ0n) is 34.6. The van der Waals surface area contributed by atoms with E-state index in [2.05, 4.69) is 172 Å². The Morgan fingerprint density at radius 3 is 1.05 bits per heavy atom. The predicted octanol–water partition coefficient (Wildman–Crippen LogP) is 14.0. The number of aromatic amines is 2. The van der Waals surface area contributed by atoms with E-state index >= 15 is 0 Å². The number of hydrogen-bond acceptors (Lipinski definition) is 2. The Morgan fingerprint density at radius 2 is 0.750 bits per heavy atom. The van der Waals surface area contributed by atoms with Crippen LogP contribution in [0.2, 0.25) is 0 Å². The summed E-state index contributed by atoms with van der Waals surface area (Å²) in [5.74, 6) is 0. The van der Waals surface area contributed by atoms with E-state index in [0.29, 0.717) is 15.0 Å². The summed E-state index contributed by atoms with van der Waals surface area (Å²) in [4.78, 5) is 18.1. The van der Waals surface area contributed by atoms with E-state index in [0.717, 1.165) is 55.7 Å². The van der Waals surface area contributed by atoms with Crippen molar-refractivity contribution in [2.45, 2.75) is 105 Å². The molecule has 5 heterocycles. The third-order valence-electron chi connectivity index (χ3n) is 10.7. The third-order valence-corrected chi connectivity index (χ3v) is 16.3. The summed E-state index contributed by atoms with van der Waals surface area (Å²) >= 11 is -4.21. The van der Waals surface area contributed by atoms with Crippen molar-refractivity contribution in [2.24, 2.45) is 0 Å². The van der Waals surface area contributed by atoms with Gasteiger partial charge in [-0.3, -0.25) is 0 Å². The summed E-state index contributed by atoms with van der Waals surface area (Å²) in [6, 6.07) is 24.6. The second kappa shape index (κ2) is 14.2. The Bertz CT molecular complexity index is 2370. The Balaban J connectivity index is 1.63. The minimum atomic E-state index is -4.21. The van der Waals surface area contributed by atoms with E-state index in [9.17, 15) is 0 Å². The van der Waals surface area contributed by atoms with Crippen LogP contribution in [0, 0.1) is 0 Å². The van der Waals surface area contributed by atoms with Crippen molar-refractivity contribution in [3.05, 3.63) is 112 Å². The molecule has 0 fully saturated rings. The molecule has 0 amide bonds. The molecule has 0 aliphatic carbocycles. The van der Waals surface area contributed by atoms with Gasteiger partial charge in [0.2, 0.25) is 0 Å². The molecule has 0 atom stereocenters. The molecule has 0 saturated heterocycles. The van der Waals surface area contributed by atoms with Gasteiger partial charge in [-0.1, -0.05) is 0 Å². The Kier molecular flexibility index (Phi) is 10.4. The Morgan fingerprint density at radius 1 is 0.429 bits per heavy atom. The van der Waals surface area contributed by atoms with Gasteiger partial charge in [0.15, 0.2) is 0 Å². The molecule has 2 aliphatic rings. The van der Waals surface area contributed by atoms with Gasteiger partial charge in [-0.25, -0.2) is 0 Å². The van der Waals surface area contributed by atoms with Crippen LogP contribution in [0.3, 0.4) is 0 Å². The van der Waals surface area contributed by atoms with E-state index < -0.39 is 14.8 Å². The number of nitrogens with zero attached hydrogens (tertiary/aromatic N) is 2. The number of fused-ring (bicyclic) bond motifs is 8. The molecule has 8 heteroatoms. The maximum absolute atomic E-state index is 7.06.